The quantitative estimate of drug-likeness (QED) is 0.456. The maximum atomic E-state index is 10.6. The van der Waals surface area contributed by atoms with Gasteiger partial charge in [0.2, 0.25) is 0 Å². The minimum atomic E-state index is -0.387. The Bertz CT molecular complexity index is 353. The molecule has 1 aromatic rings. The molecule has 0 fully saturated rings. The molecule has 0 saturated carbocycles. The number of nitro groups is 1. The highest BCUT2D eigenvalue weighted by atomic mass is 16.6. The van der Waals surface area contributed by atoms with Gasteiger partial charge in [-0.1, -0.05) is 38.3 Å². The highest BCUT2D eigenvalue weighted by Crippen LogP contribution is 2.21. The standard InChI is InChI=1S/C12H18N2O2/c1-2-3-4-8-12(13)10-6-5-7-11(9-10)14(15)16/h5-7,9,12H,2-4,8,13H2,1H3. The molecule has 4 heteroatoms. The smallest absolute Gasteiger partial charge is 0.269 e. The van der Waals surface area contributed by atoms with E-state index >= 15 is 0 Å². The molecule has 0 spiro atoms. The fraction of sp³-hybridized carbons (Fsp3) is 0.500. The minimum Gasteiger partial charge on any atom is -0.324 e. The summed E-state index contributed by atoms with van der Waals surface area (Å²) in [5.74, 6) is 0. The Morgan fingerprint density at radius 3 is 2.81 bits per heavy atom. The van der Waals surface area contributed by atoms with Crippen molar-refractivity contribution in [3.63, 3.8) is 0 Å². The molecular weight excluding hydrogens is 204 g/mol. The molecule has 0 aliphatic heterocycles. The van der Waals surface area contributed by atoms with Gasteiger partial charge in [0, 0.05) is 18.2 Å². The second kappa shape index (κ2) is 6.23. The molecule has 0 bridgehead atoms. The minimum absolute atomic E-state index is 0.0913. The predicted molar refractivity (Wildman–Crippen MR) is 64.2 cm³/mol. The van der Waals surface area contributed by atoms with Crippen LogP contribution in [0.25, 0.3) is 0 Å². The summed E-state index contributed by atoms with van der Waals surface area (Å²) < 4.78 is 0. The lowest BCUT2D eigenvalue weighted by Crippen LogP contribution is -2.10. The molecule has 1 atom stereocenters. The van der Waals surface area contributed by atoms with Crippen molar-refractivity contribution in [3.8, 4) is 0 Å². The summed E-state index contributed by atoms with van der Waals surface area (Å²) in [4.78, 5) is 10.2. The molecule has 0 saturated heterocycles. The van der Waals surface area contributed by atoms with Gasteiger partial charge in [-0.2, -0.15) is 0 Å². The molecule has 0 amide bonds. The van der Waals surface area contributed by atoms with E-state index in [0.717, 1.165) is 31.2 Å². The van der Waals surface area contributed by atoms with Crippen LogP contribution in [-0.2, 0) is 0 Å². The van der Waals surface area contributed by atoms with Crippen molar-refractivity contribution in [1.82, 2.24) is 0 Å². The number of nitro benzene ring substituents is 1. The first-order valence-electron chi connectivity index (χ1n) is 5.65. The summed E-state index contributed by atoms with van der Waals surface area (Å²) in [6.45, 7) is 2.14. The summed E-state index contributed by atoms with van der Waals surface area (Å²) in [5, 5.41) is 10.6. The second-order valence-electron chi connectivity index (χ2n) is 3.95. The Kier molecular flexibility index (Phi) is 4.92. The van der Waals surface area contributed by atoms with Gasteiger partial charge in [-0.05, 0) is 12.0 Å². The zero-order valence-corrected chi connectivity index (χ0v) is 9.56. The van der Waals surface area contributed by atoms with Crippen LogP contribution in [0.5, 0.6) is 0 Å². The van der Waals surface area contributed by atoms with Crippen LogP contribution >= 0.6 is 0 Å². The third-order valence-electron chi connectivity index (χ3n) is 2.63. The SMILES string of the molecule is CCCCCC(N)c1cccc([N+](=O)[O-])c1. The van der Waals surface area contributed by atoms with Gasteiger partial charge >= 0.3 is 0 Å². The fourth-order valence-electron chi connectivity index (χ4n) is 1.65. The predicted octanol–water partition coefficient (Wildman–Crippen LogP) is 3.17. The molecule has 0 aliphatic rings. The van der Waals surface area contributed by atoms with E-state index in [-0.39, 0.29) is 16.7 Å². The van der Waals surface area contributed by atoms with Crippen molar-refractivity contribution in [2.45, 2.75) is 38.6 Å². The van der Waals surface area contributed by atoms with E-state index < -0.39 is 0 Å². The van der Waals surface area contributed by atoms with E-state index in [2.05, 4.69) is 6.92 Å². The highest BCUT2D eigenvalue weighted by molar-refractivity contribution is 5.35. The van der Waals surface area contributed by atoms with Crippen LogP contribution in [-0.4, -0.2) is 4.92 Å². The van der Waals surface area contributed by atoms with Crippen LogP contribution in [0.1, 0.15) is 44.2 Å². The Hall–Kier alpha value is -1.42. The van der Waals surface area contributed by atoms with Crippen molar-refractivity contribution < 1.29 is 4.92 Å². The maximum absolute atomic E-state index is 10.6. The molecular formula is C12H18N2O2. The van der Waals surface area contributed by atoms with E-state index in [1.54, 1.807) is 12.1 Å². The molecule has 1 unspecified atom stereocenters. The Labute approximate surface area is 95.6 Å². The monoisotopic (exact) mass is 222 g/mol. The third-order valence-corrected chi connectivity index (χ3v) is 2.63. The lowest BCUT2D eigenvalue weighted by atomic mass is 10.0. The number of unbranched alkanes of at least 4 members (excludes halogenated alkanes) is 2. The Morgan fingerprint density at radius 1 is 1.44 bits per heavy atom. The van der Waals surface area contributed by atoms with Crippen molar-refractivity contribution in [2.75, 3.05) is 0 Å². The average molecular weight is 222 g/mol. The Morgan fingerprint density at radius 2 is 2.19 bits per heavy atom. The van der Waals surface area contributed by atoms with Crippen LogP contribution in [0.4, 0.5) is 5.69 Å². The summed E-state index contributed by atoms with van der Waals surface area (Å²) in [6, 6.07) is 6.50. The number of nitrogens with two attached hydrogens (primary N) is 1. The molecule has 2 N–H and O–H groups in total. The molecule has 1 aromatic carbocycles. The first-order valence-corrected chi connectivity index (χ1v) is 5.65. The number of rotatable bonds is 6. The number of non-ortho nitro benzene ring substituents is 1. The molecule has 4 nitrogen and oxygen atoms in total. The molecule has 0 radical (unpaired) electrons. The van der Waals surface area contributed by atoms with E-state index in [0.29, 0.717) is 0 Å². The second-order valence-corrected chi connectivity index (χ2v) is 3.95. The number of nitrogens with zero attached hydrogens (tertiary/aromatic N) is 1. The van der Waals surface area contributed by atoms with Gasteiger partial charge in [-0.15, -0.1) is 0 Å². The number of benzene rings is 1. The number of hydrogen-bond acceptors (Lipinski definition) is 3. The topological polar surface area (TPSA) is 69.2 Å². The van der Waals surface area contributed by atoms with Crippen molar-refractivity contribution >= 4 is 5.69 Å². The summed E-state index contributed by atoms with van der Waals surface area (Å²) in [7, 11) is 0. The van der Waals surface area contributed by atoms with Crippen LogP contribution in [0.3, 0.4) is 0 Å². The first kappa shape index (κ1) is 12.6. The van der Waals surface area contributed by atoms with Gasteiger partial charge in [-0.25, -0.2) is 0 Å². The Balaban J connectivity index is 2.64. The van der Waals surface area contributed by atoms with Crippen molar-refractivity contribution in [3.05, 3.63) is 39.9 Å². The van der Waals surface area contributed by atoms with Crippen LogP contribution < -0.4 is 5.73 Å². The van der Waals surface area contributed by atoms with Crippen LogP contribution in [0.15, 0.2) is 24.3 Å². The summed E-state index contributed by atoms with van der Waals surface area (Å²) >= 11 is 0. The summed E-state index contributed by atoms with van der Waals surface area (Å²) in [5.41, 5.74) is 6.95. The molecule has 88 valence electrons. The number of hydrogen-bond donors (Lipinski definition) is 1. The third kappa shape index (κ3) is 3.62. The lowest BCUT2D eigenvalue weighted by molar-refractivity contribution is -0.384. The molecule has 1 rings (SSSR count). The highest BCUT2D eigenvalue weighted by Gasteiger charge is 2.10. The van der Waals surface area contributed by atoms with Gasteiger partial charge in [0.15, 0.2) is 0 Å². The van der Waals surface area contributed by atoms with Gasteiger partial charge in [0.25, 0.3) is 5.69 Å². The summed E-state index contributed by atoms with van der Waals surface area (Å²) in [6.07, 6.45) is 4.26. The molecule has 16 heavy (non-hydrogen) atoms. The van der Waals surface area contributed by atoms with Crippen LogP contribution in [0.2, 0.25) is 0 Å². The van der Waals surface area contributed by atoms with E-state index in [1.807, 2.05) is 6.07 Å². The first-order chi connectivity index (χ1) is 7.65. The zero-order valence-electron chi connectivity index (χ0n) is 9.56. The van der Waals surface area contributed by atoms with E-state index in [9.17, 15) is 10.1 Å². The normalized spacial score (nSPS) is 12.4. The van der Waals surface area contributed by atoms with Crippen molar-refractivity contribution in [1.29, 1.82) is 0 Å². The van der Waals surface area contributed by atoms with Gasteiger partial charge in [0.05, 0.1) is 4.92 Å². The van der Waals surface area contributed by atoms with Gasteiger partial charge in [-0.3, -0.25) is 10.1 Å². The molecule has 0 heterocycles. The van der Waals surface area contributed by atoms with Crippen LogP contribution in [0, 0.1) is 10.1 Å². The van der Waals surface area contributed by atoms with E-state index in [4.69, 9.17) is 5.73 Å². The van der Waals surface area contributed by atoms with Crippen molar-refractivity contribution in [2.24, 2.45) is 5.73 Å². The van der Waals surface area contributed by atoms with Gasteiger partial charge in [0.1, 0.15) is 0 Å². The van der Waals surface area contributed by atoms with E-state index in [1.165, 1.54) is 6.07 Å². The zero-order chi connectivity index (χ0) is 12.0. The van der Waals surface area contributed by atoms with Gasteiger partial charge < -0.3 is 5.73 Å². The molecule has 0 aromatic heterocycles. The largest absolute Gasteiger partial charge is 0.324 e. The lowest BCUT2D eigenvalue weighted by Gasteiger charge is -2.11. The molecule has 0 aliphatic carbocycles. The fourth-order valence-corrected chi connectivity index (χ4v) is 1.65. The average Bonchev–Trinajstić information content (AvgIpc) is 2.29. The maximum Gasteiger partial charge on any atom is 0.269 e.